The van der Waals surface area contributed by atoms with Crippen molar-refractivity contribution in [1.29, 1.82) is 0 Å². The maximum atomic E-state index is 12.8. The molecule has 32 heavy (non-hydrogen) atoms. The van der Waals surface area contributed by atoms with Gasteiger partial charge in [-0.25, -0.2) is 4.68 Å². The summed E-state index contributed by atoms with van der Waals surface area (Å²) in [5, 5.41) is 10.6. The van der Waals surface area contributed by atoms with Gasteiger partial charge in [-0.1, -0.05) is 35.3 Å². The lowest BCUT2D eigenvalue weighted by Gasteiger charge is -2.19. The lowest BCUT2D eigenvalue weighted by Crippen LogP contribution is -2.47. The third-order valence-electron chi connectivity index (χ3n) is 4.83. The van der Waals surface area contributed by atoms with Gasteiger partial charge in [-0.15, -0.1) is 0 Å². The summed E-state index contributed by atoms with van der Waals surface area (Å²) in [7, 11) is 0. The van der Waals surface area contributed by atoms with Crippen LogP contribution in [0.15, 0.2) is 60.9 Å². The van der Waals surface area contributed by atoms with Crippen molar-refractivity contribution in [3.63, 3.8) is 0 Å². The van der Waals surface area contributed by atoms with E-state index in [9.17, 15) is 9.59 Å². The summed E-state index contributed by atoms with van der Waals surface area (Å²) in [6, 6.07) is 13.9. The average molecular weight is 491 g/mol. The van der Waals surface area contributed by atoms with E-state index >= 15 is 0 Å². The SMILES string of the molecule is CSCCC(NC(=O)c1ccc(Cl)cc1Cl)C(=O)NCCc1ccc(-n2cccn2)cc1. The Kier molecular flexibility index (Phi) is 9.02. The molecule has 1 atom stereocenters. The number of thioether (sulfide) groups is 1. The normalized spacial score (nSPS) is 11.7. The molecule has 0 aliphatic carbocycles. The van der Waals surface area contributed by atoms with E-state index in [1.165, 1.54) is 6.07 Å². The number of aromatic nitrogens is 2. The molecule has 0 aliphatic heterocycles. The summed E-state index contributed by atoms with van der Waals surface area (Å²) >= 11 is 13.6. The van der Waals surface area contributed by atoms with Crippen LogP contribution in [0.2, 0.25) is 10.0 Å². The smallest absolute Gasteiger partial charge is 0.253 e. The highest BCUT2D eigenvalue weighted by molar-refractivity contribution is 7.98. The molecular weight excluding hydrogens is 467 g/mol. The fourth-order valence-electron chi connectivity index (χ4n) is 3.10. The molecule has 1 aromatic heterocycles. The number of carbonyl (C=O) groups is 2. The number of benzene rings is 2. The van der Waals surface area contributed by atoms with Gasteiger partial charge in [0.05, 0.1) is 16.3 Å². The third kappa shape index (κ3) is 6.76. The second kappa shape index (κ2) is 11.9. The van der Waals surface area contributed by atoms with Gasteiger partial charge in [0.25, 0.3) is 5.91 Å². The van der Waals surface area contributed by atoms with Crippen molar-refractivity contribution in [2.75, 3.05) is 18.6 Å². The predicted octanol–water partition coefficient (Wildman–Crippen LogP) is 4.39. The first-order valence-corrected chi connectivity index (χ1v) is 12.2. The molecule has 0 saturated heterocycles. The number of hydrogen-bond acceptors (Lipinski definition) is 4. The molecule has 0 bridgehead atoms. The molecule has 3 aromatic rings. The topological polar surface area (TPSA) is 76.0 Å². The molecular formula is C23H24Cl2N4O2S. The van der Waals surface area contributed by atoms with Gasteiger partial charge in [0.2, 0.25) is 5.91 Å². The van der Waals surface area contributed by atoms with Crippen LogP contribution in [0.1, 0.15) is 22.3 Å². The van der Waals surface area contributed by atoms with Crippen LogP contribution in [0.25, 0.3) is 5.69 Å². The highest BCUT2D eigenvalue weighted by Crippen LogP contribution is 2.21. The highest BCUT2D eigenvalue weighted by Gasteiger charge is 2.22. The molecule has 3 rings (SSSR count). The fourth-order valence-corrected chi connectivity index (χ4v) is 4.07. The Hall–Kier alpha value is -2.48. The number of nitrogens with one attached hydrogen (secondary N) is 2. The van der Waals surface area contributed by atoms with Crippen LogP contribution in [-0.2, 0) is 11.2 Å². The number of carbonyl (C=O) groups excluding carboxylic acids is 2. The zero-order chi connectivity index (χ0) is 22.9. The van der Waals surface area contributed by atoms with E-state index in [0.29, 0.717) is 24.4 Å². The molecule has 9 heteroatoms. The summed E-state index contributed by atoms with van der Waals surface area (Å²) in [6.07, 6.45) is 6.77. The maximum absolute atomic E-state index is 12.8. The molecule has 2 N–H and O–H groups in total. The van der Waals surface area contributed by atoms with Gasteiger partial charge < -0.3 is 10.6 Å². The molecule has 6 nitrogen and oxygen atoms in total. The first kappa shape index (κ1) is 24.2. The van der Waals surface area contributed by atoms with E-state index in [2.05, 4.69) is 15.7 Å². The number of amides is 2. The monoisotopic (exact) mass is 490 g/mol. The van der Waals surface area contributed by atoms with E-state index in [4.69, 9.17) is 23.2 Å². The molecule has 1 unspecified atom stereocenters. The van der Waals surface area contributed by atoms with Gasteiger partial charge in [0.1, 0.15) is 6.04 Å². The van der Waals surface area contributed by atoms with Crippen molar-refractivity contribution < 1.29 is 9.59 Å². The van der Waals surface area contributed by atoms with Gasteiger partial charge >= 0.3 is 0 Å². The van der Waals surface area contributed by atoms with E-state index in [1.807, 2.05) is 42.8 Å². The van der Waals surface area contributed by atoms with Crippen LogP contribution >= 0.6 is 35.0 Å². The number of nitrogens with zero attached hydrogens (tertiary/aromatic N) is 2. The number of rotatable bonds is 10. The van der Waals surface area contributed by atoms with Gasteiger partial charge in [0.15, 0.2) is 0 Å². The van der Waals surface area contributed by atoms with Crippen LogP contribution in [0, 0.1) is 0 Å². The van der Waals surface area contributed by atoms with Gasteiger partial charge in [0, 0.05) is 24.0 Å². The van der Waals surface area contributed by atoms with Crippen LogP contribution in [0.5, 0.6) is 0 Å². The first-order valence-electron chi connectivity index (χ1n) is 10.1. The Morgan fingerprint density at radius 1 is 1.16 bits per heavy atom. The van der Waals surface area contributed by atoms with Gasteiger partial charge in [-0.3, -0.25) is 9.59 Å². The van der Waals surface area contributed by atoms with Gasteiger partial charge in [-0.05, 0) is 66.8 Å². The van der Waals surface area contributed by atoms with Crippen molar-refractivity contribution in [1.82, 2.24) is 20.4 Å². The summed E-state index contributed by atoms with van der Waals surface area (Å²) in [4.78, 5) is 25.4. The molecule has 2 amide bonds. The van der Waals surface area contributed by atoms with E-state index in [-0.39, 0.29) is 16.5 Å². The molecule has 0 fully saturated rings. The van der Waals surface area contributed by atoms with Crippen molar-refractivity contribution in [2.24, 2.45) is 0 Å². The zero-order valence-corrected chi connectivity index (χ0v) is 19.9. The lowest BCUT2D eigenvalue weighted by atomic mass is 10.1. The van der Waals surface area contributed by atoms with E-state index in [1.54, 1.807) is 34.8 Å². The second-order valence-electron chi connectivity index (χ2n) is 7.09. The Morgan fingerprint density at radius 3 is 2.59 bits per heavy atom. The Bertz CT molecular complexity index is 1040. The number of hydrogen-bond donors (Lipinski definition) is 2. The third-order valence-corrected chi connectivity index (χ3v) is 6.02. The van der Waals surface area contributed by atoms with Crippen LogP contribution in [0.3, 0.4) is 0 Å². The highest BCUT2D eigenvalue weighted by atomic mass is 35.5. The Morgan fingerprint density at radius 2 is 1.94 bits per heavy atom. The van der Waals surface area contributed by atoms with Crippen LogP contribution < -0.4 is 10.6 Å². The molecule has 0 aliphatic rings. The molecule has 0 spiro atoms. The fraction of sp³-hybridized carbons (Fsp3) is 0.261. The summed E-state index contributed by atoms with van der Waals surface area (Å²) in [6.45, 7) is 0.466. The van der Waals surface area contributed by atoms with Crippen LogP contribution in [0.4, 0.5) is 0 Å². The van der Waals surface area contributed by atoms with Crippen molar-refractivity contribution in [3.05, 3.63) is 82.1 Å². The average Bonchev–Trinajstić information content (AvgIpc) is 3.32. The minimum absolute atomic E-state index is 0.217. The minimum Gasteiger partial charge on any atom is -0.354 e. The molecule has 1 heterocycles. The quantitative estimate of drug-likeness (QED) is 0.441. The van der Waals surface area contributed by atoms with E-state index < -0.39 is 11.9 Å². The summed E-state index contributed by atoms with van der Waals surface area (Å²) in [5.74, 6) is 0.120. The maximum Gasteiger partial charge on any atom is 0.253 e. The predicted molar refractivity (Wildman–Crippen MR) is 131 cm³/mol. The Balaban J connectivity index is 1.55. The van der Waals surface area contributed by atoms with Crippen LogP contribution in [-0.4, -0.2) is 46.2 Å². The molecule has 0 saturated carbocycles. The zero-order valence-electron chi connectivity index (χ0n) is 17.6. The minimum atomic E-state index is -0.649. The number of halogens is 2. The van der Waals surface area contributed by atoms with Gasteiger partial charge in [-0.2, -0.15) is 16.9 Å². The van der Waals surface area contributed by atoms with Crippen molar-refractivity contribution >= 4 is 46.8 Å². The molecule has 0 radical (unpaired) electrons. The molecule has 168 valence electrons. The summed E-state index contributed by atoms with van der Waals surface area (Å²) in [5.41, 5.74) is 2.36. The Labute approximate surface area is 201 Å². The standard InChI is InChI=1S/C23H24Cl2N4O2S/c1-32-14-10-21(28-22(30)19-8-5-17(24)15-20(19)25)23(31)26-12-9-16-3-6-18(7-4-16)29-13-2-11-27-29/h2-8,11,13,15,21H,9-10,12,14H2,1H3,(H,26,31)(H,28,30). The van der Waals surface area contributed by atoms with Crippen molar-refractivity contribution in [2.45, 2.75) is 18.9 Å². The molecule has 2 aromatic carbocycles. The largest absolute Gasteiger partial charge is 0.354 e. The first-order chi connectivity index (χ1) is 15.5. The van der Waals surface area contributed by atoms with Crippen molar-refractivity contribution in [3.8, 4) is 5.69 Å². The lowest BCUT2D eigenvalue weighted by molar-refractivity contribution is -0.122. The van der Waals surface area contributed by atoms with E-state index in [0.717, 1.165) is 17.0 Å². The summed E-state index contributed by atoms with van der Waals surface area (Å²) < 4.78 is 1.79. The second-order valence-corrected chi connectivity index (χ2v) is 8.92.